The predicted molar refractivity (Wildman–Crippen MR) is 79.6 cm³/mol. The minimum Gasteiger partial charge on any atom is -0.392 e. The van der Waals surface area contributed by atoms with Crippen LogP contribution >= 0.6 is 11.3 Å². The summed E-state index contributed by atoms with van der Waals surface area (Å²) in [6.07, 6.45) is 1.47. The van der Waals surface area contributed by atoms with Crippen molar-refractivity contribution in [2.75, 3.05) is 13.1 Å². The highest BCUT2D eigenvalue weighted by atomic mass is 32.1. The summed E-state index contributed by atoms with van der Waals surface area (Å²) in [5.41, 5.74) is 1.18. The Morgan fingerprint density at radius 3 is 3.10 bits per heavy atom. The van der Waals surface area contributed by atoms with E-state index in [1.165, 1.54) is 10.4 Å². The summed E-state index contributed by atoms with van der Waals surface area (Å²) >= 11 is 1.79. The zero-order valence-corrected chi connectivity index (χ0v) is 12.9. The Balaban J connectivity index is 1.51. The molecule has 0 spiro atoms. The number of amides is 1. The molecule has 2 N–H and O–H groups in total. The van der Waals surface area contributed by atoms with E-state index in [1.807, 2.05) is 18.7 Å². The molecule has 20 heavy (non-hydrogen) atoms. The number of hydrogen-bond acceptors (Lipinski definition) is 4. The van der Waals surface area contributed by atoms with Crippen molar-refractivity contribution in [3.05, 3.63) is 21.9 Å². The second-order valence-corrected chi connectivity index (χ2v) is 7.44. The first-order chi connectivity index (χ1) is 9.48. The maximum atomic E-state index is 12.3. The molecule has 3 rings (SSSR count). The number of fused-ring (bicyclic) bond motifs is 1. The molecular formula is C15H22N2O2S. The van der Waals surface area contributed by atoms with E-state index >= 15 is 0 Å². The number of aliphatic hydroxyl groups is 1. The minimum absolute atomic E-state index is 0.122. The third-order valence-corrected chi connectivity index (χ3v) is 5.90. The fraction of sp³-hybridized carbons (Fsp3) is 0.667. The van der Waals surface area contributed by atoms with Crippen LogP contribution < -0.4 is 5.32 Å². The number of carbonyl (C=O) groups excluding carboxylic acids is 1. The van der Waals surface area contributed by atoms with Gasteiger partial charge in [0.05, 0.1) is 12.6 Å². The van der Waals surface area contributed by atoms with E-state index in [0.717, 1.165) is 25.9 Å². The highest BCUT2D eigenvalue weighted by molar-refractivity contribution is 7.10. The Kier molecular flexibility index (Phi) is 3.60. The van der Waals surface area contributed by atoms with E-state index in [2.05, 4.69) is 16.8 Å². The summed E-state index contributed by atoms with van der Waals surface area (Å²) < 4.78 is 0. The molecule has 1 aliphatic carbocycles. The zero-order valence-electron chi connectivity index (χ0n) is 12.1. The van der Waals surface area contributed by atoms with E-state index < -0.39 is 0 Å². The van der Waals surface area contributed by atoms with Gasteiger partial charge in [-0.25, -0.2) is 0 Å². The number of aliphatic hydroxyl groups excluding tert-OH is 1. The van der Waals surface area contributed by atoms with Gasteiger partial charge in [0.1, 0.15) is 0 Å². The molecule has 110 valence electrons. The number of rotatable bonds is 3. The van der Waals surface area contributed by atoms with Gasteiger partial charge in [0, 0.05) is 29.4 Å². The van der Waals surface area contributed by atoms with E-state index in [0.29, 0.717) is 6.54 Å². The topological polar surface area (TPSA) is 52.6 Å². The molecule has 4 nitrogen and oxygen atoms in total. The molecule has 1 aliphatic heterocycles. The van der Waals surface area contributed by atoms with Gasteiger partial charge < -0.3 is 15.3 Å². The lowest BCUT2D eigenvalue weighted by molar-refractivity contribution is -0.132. The SMILES string of the molecule is CC1(C)C(O)CC1NCC(=O)N1CCc2sccc2C1. The Morgan fingerprint density at radius 1 is 1.60 bits per heavy atom. The maximum Gasteiger partial charge on any atom is 0.236 e. The predicted octanol–water partition coefficient (Wildman–Crippen LogP) is 1.38. The molecule has 2 aliphatic rings. The van der Waals surface area contributed by atoms with E-state index in [9.17, 15) is 9.90 Å². The average Bonchev–Trinajstić information content (AvgIpc) is 2.90. The molecule has 1 aromatic heterocycles. The minimum atomic E-state index is -0.251. The van der Waals surface area contributed by atoms with E-state index in [1.54, 1.807) is 11.3 Å². The van der Waals surface area contributed by atoms with Crippen LogP contribution in [0.1, 0.15) is 30.7 Å². The van der Waals surface area contributed by atoms with Crippen LogP contribution in [0, 0.1) is 5.41 Å². The van der Waals surface area contributed by atoms with Crippen molar-refractivity contribution >= 4 is 17.2 Å². The number of nitrogens with one attached hydrogen (secondary N) is 1. The van der Waals surface area contributed by atoms with Crippen molar-refractivity contribution in [2.24, 2.45) is 5.41 Å². The van der Waals surface area contributed by atoms with Crippen molar-refractivity contribution < 1.29 is 9.90 Å². The van der Waals surface area contributed by atoms with Gasteiger partial charge in [0.2, 0.25) is 5.91 Å². The number of carbonyl (C=O) groups is 1. The molecule has 0 aromatic carbocycles. The summed E-state index contributed by atoms with van der Waals surface area (Å²) in [4.78, 5) is 15.6. The first kappa shape index (κ1) is 14.0. The lowest BCUT2D eigenvalue weighted by Crippen LogP contribution is -2.61. The third-order valence-electron chi connectivity index (χ3n) is 4.88. The lowest BCUT2D eigenvalue weighted by Gasteiger charge is -2.49. The Labute approximate surface area is 123 Å². The molecule has 1 amide bonds. The molecule has 1 aromatic rings. The summed E-state index contributed by atoms with van der Waals surface area (Å²) in [5.74, 6) is 0.166. The third kappa shape index (κ3) is 2.38. The van der Waals surface area contributed by atoms with Gasteiger partial charge >= 0.3 is 0 Å². The highest BCUT2D eigenvalue weighted by Crippen LogP contribution is 2.40. The van der Waals surface area contributed by atoms with Crippen LogP contribution in [0.15, 0.2) is 11.4 Å². The normalized spacial score (nSPS) is 27.9. The number of thiophene rings is 1. The largest absolute Gasteiger partial charge is 0.392 e. The van der Waals surface area contributed by atoms with Crippen LogP contribution in [-0.2, 0) is 17.8 Å². The van der Waals surface area contributed by atoms with Crippen molar-refractivity contribution in [2.45, 2.75) is 45.4 Å². The molecule has 5 heteroatoms. The van der Waals surface area contributed by atoms with Gasteiger partial charge in [-0.3, -0.25) is 4.79 Å². The van der Waals surface area contributed by atoms with Crippen LogP contribution in [0.25, 0.3) is 0 Å². The molecular weight excluding hydrogens is 272 g/mol. The molecule has 0 bridgehead atoms. The fourth-order valence-corrected chi connectivity index (χ4v) is 3.92. The van der Waals surface area contributed by atoms with Crippen LogP contribution in [0.5, 0.6) is 0 Å². The quantitative estimate of drug-likeness (QED) is 0.885. The molecule has 0 saturated heterocycles. The van der Waals surface area contributed by atoms with Crippen molar-refractivity contribution in [3.63, 3.8) is 0 Å². The lowest BCUT2D eigenvalue weighted by atomic mass is 9.64. The number of nitrogens with zero attached hydrogens (tertiary/aromatic N) is 1. The molecule has 0 radical (unpaired) electrons. The Hall–Kier alpha value is -0.910. The second-order valence-electron chi connectivity index (χ2n) is 6.44. The zero-order chi connectivity index (χ0) is 14.3. The van der Waals surface area contributed by atoms with Gasteiger partial charge in [-0.15, -0.1) is 11.3 Å². The van der Waals surface area contributed by atoms with Gasteiger partial charge in [-0.05, 0) is 29.9 Å². The molecule has 1 fully saturated rings. The van der Waals surface area contributed by atoms with Crippen molar-refractivity contribution in [3.8, 4) is 0 Å². The standard InChI is InChI=1S/C15H22N2O2S/c1-15(2)12(7-13(15)18)16-8-14(19)17-5-3-11-10(9-17)4-6-20-11/h4,6,12-13,16,18H,3,5,7-9H2,1-2H3. The summed E-state index contributed by atoms with van der Waals surface area (Å²) in [6, 6.07) is 2.36. The summed E-state index contributed by atoms with van der Waals surface area (Å²) in [7, 11) is 0. The first-order valence-corrected chi connectivity index (χ1v) is 8.11. The Morgan fingerprint density at radius 2 is 2.40 bits per heavy atom. The van der Waals surface area contributed by atoms with Crippen molar-refractivity contribution in [1.29, 1.82) is 0 Å². The average molecular weight is 294 g/mol. The van der Waals surface area contributed by atoms with Crippen LogP contribution in [-0.4, -0.2) is 41.1 Å². The molecule has 2 atom stereocenters. The van der Waals surface area contributed by atoms with Crippen LogP contribution in [0.4, 0.5) is 0 Å². The summed E-state index contributed by atoms with van der Waals surface area (Å²) in [6.45, 7) is 6.03. The van der Waals surface area contributed by atoms with Gasteiger partial charge in [0.15, 0.2) is 0 Å². The smallest absolute Gasteiger partial charge is 0.236 e. The monoisotopic (exact) mass is 294 g/mol. The summed E-state index contributed by atoms with van der Waals surface area (Å²) in [5, 5.41) is 15.1. The highest BCUT2D eigenvalue weighted by Gasteiger charge is 2.47. The second kappa shape index (κ2) is 5.13. The fourth-order valence-electron chi connectivity index (χ4n) is 3.03. The van der Waals surface area contributed by atoms with Gasteiger partial charge in [0.25, 0.3) is 0 Å². The van der Waals surface area contributed by atoms with Gasteiger partial charge in [-0.1, -0.05) is 13.8 Å². The first-order valence-electron chi connectivity index (χ1n) is 7.23. The number of hydrogen-bond donors (Lipinski definition) is 2. The maximum absolute atomic E-state index is 12.3. The van der Waals surface area contributed by atoms with E-state index in [4.69, 9.17) is 0 Å². The molecule has 2 heterocycles. The Bertz CT molecular complexity index is 512. The van der Waals surface area contributed by atoms with Crippen LogP contribution in [0.3, 0.4) is 0 Å². The van der Waals surface area contributed by atoms with Crippen LogP contribution in [0.2, 0.25) is 0 Å². The van der Waals surface area contributed by atoms with Gasteiger partial charge in [-0.2, -0.15) is 0 Å². The molecule has 2 unspecified atom stereocenters. The van der Waals surface area contributed by atoms with Crippen molar-refractivity contribution in [1.82, 2.24) is 10.2 Å². The molecule has 1 saturated carbocycles. The van der Waals surface area contributed by atoms with E-state index in [-0.39, 0.29) is 23.5 Å².